The molecule has 0 radical (unpaired) electrons. The lowest BCUT2D eigenvalue weighted by atomic mass is 9.85. The number of benzene rings is 1. The smallest absolute Gasteiger partial charge is 0.223 e. The summed E-state index contributed by atoms with van der Waals surface area (Å²) in [6.45, 7) is 10.7. The van der Waals surface area contributed by atoms with Gasteiger partial charge in [-0.05, 0) is 88.1 Å². The predicted octanol–water partition coefficient (Wildman–Crippen LogP) is 6.51. The zero-order valence-electron chi connectivity index (χ0n) is 22.5. The normalized spacial score (nSPS) is 18.5. The molecule has 2 N–H and O–H groups in total. The van der Waals surface area contributed by atoms with Crippen molar-refractivity contribution >= 4 is 12.1 Å². The van der Waals surface area contributed by atoms with E-state index in [0.717, 1.165) is 61.9 Å². The summed E-state index contributed by atoms with van der Waals surface area (Å²) in [6.07, 6.45) is 16.5. The number of unbranched alkanes of at least 4 members (excludes halogenated alkanes) is 1. The van der Waals surface area contributed by atoms with Crippen LogP contribution in [0.3, 0.4) is 0 Å². The lowest BCUT2D eigenvalue weighted by Crippen LogP contribution is -2.50. The van der Waals surface area contributed by atoms with Gasteiger partial charge in [0.05, 0.1) is 6.04 Å². The number of allylic oxidation sites excluding steroid dienone is 3. The first-order valence-corrected chi connectivity index (χ1v) is 13.7. The Kier molecular flexibility index (Phi) is 8.67. The van der Waals surface area contributed by atoms with Crippen LogP contribution in [0.4, 0.5) is 4.39 Å². The van der Waals surface area contributed by atoms with Gasteiger partial charge in [0, 0.05) is 41.7 Å². The van der Waals surface area contributed by atoms with Gasteiger partial charge in [-0.15, -0.1) is 0 Å². The van der Waals surface area contributed by atoms with E-state index in [2.05, 4.69) is 49.1 Å². The molecule has 4 rings (SSSR count). The molecule has 198 valence electrons. The Morgan fingerprint density at radius 3 is 2.59 bits per heavy atom. The molecule has 6 heteroatoms. The number of hydrogen-bond donors (Lipinski definition) is 2. The van der Waals surface area contributed by atoms with Crippen molar-refractivity contribution in [3.8, 4) is 0 Å². The van der Waals surface area contributed by atoms with E-state index in [4.69, 9.17) is 0 Å². The third-order valence-corrected chi connectivity index (χ3v) is 7.20. The van der Waals surface area contributed by atoms with Gasteiger partial charge in [-0.3, -0.25) is 4.79 Å². The molecule has 0 spiro atoms. The topological polar surface area (TPSA) is 56.7 Å². The SMILES string of the molecule is C=C1N=CC=CN1/C(=C\CCC)CC(NC(=O)C1CC1)C(NC(C)(C)Cc1ccc(F)cc1)=C1CCC1. The Morgan fingerprint density at radius 1 is 1.27 bits per heavy atom. The number of aliphatic imine (C=N–C) groups is 1. The number of carbonyl (C=O) groups excluding carboxylic acids is 1. The molecule has 5 nitrogen and oxygen atoms in total. The minimum Gasteiger partial charge on any atom is -0.381 e. The predicted molar refractivity (Wildman–Crippen MR) is 149 cm³/mol. The van der Waals surface area contributed by atoms with E-state index in [-0.39, 0.29) is 29.2 Å². The van der Waals surface area contributed by atoms with E-state index in [1.165, 1.54) is 24.1 Å². The first-order chi connectivity index (χ1) is 17.8. The molecule has 2 fully saturated rings. The number of hydrogen-bond acceptors (Lipinski definition) is 4. The summed E-state index contributed by atoms with van der Waals surface area (Å²) < 4.78 is 13.5. The summed E-state index contributed by atoms with van der Waals surface area (Å²) in [5, 5.41) is 7.27. The highest BCUT2D eigenvalue weighted by Gasteiger charge is 2.35. The van der Waals surface area contributed by atoms with Crippen molar-refractivity contribution in [2.45, 2.75) is 90.1 Å². The summed E-state index contributed by atoms with van der Waals surface area (Å²) in [5.74, 6) is 0.722. The second-order valence-corrected chi connectivity index (χ2v) is 11.1. The number of rotatable bonds is 12. The van der Waals surface area contributed by atoms with Crippen molar-refractivity contribution in [2.24, 2.45) is 10.9 Å². The Balaban J connectivity index is 1.62. The highest BCUT2D eigenvalue weighted by Crippen LogP contribution is 2.35. The number of nitrogens with zero attached hydrogens (tertiary/aromatic N) is 2. The van der Waals surface area contributed by atoms with Gasteiger partial charge in [0.25, 0.3) is 0 Å². The summed E-state index contributed by atoms with van der Waals surface area (Å²) in [7, 11) is 0. The number of nitrogens with one attached hydrogen (secondary N) is 2. The average Bonchev–Trinajstić information content (AvgIpc) is 3.67. The molecule has 0 bridgehead atoms. The second kappa shape index (κ2) is 11.9. The van der Waals surface area contributed by atoms with Gasteiger partial charge in [-0.1, -0.05) is 38.1 Å². The molecule has 37 heavy (non-hydrogen) atoms. The lowest BCUT2D eigenvalue weighted by Gasteiger charge is -2.38. The van der Waals surface area contributed by atoms with Crippen molar-refractivity contribution in [1.82, 2.24) is 15.5 Å². The lowest BCUT2D eigenvalue weighted by molar-refractivity contribution is -0.122. The molecule has 1 unspecified atom stereocenters. The molecule has 1 amide bonds. The van der Waals surface area contributed by atoms with Crippen molar-refractivity contribution in [2.75, 3.05) is 0 Å². The standard InChI is InChI=1S/C31H41FN4O/c1-5-6-11-27(36-19-8-18-33-22(36)2)20-28(34-30(37)25-14-15-25)29(24-9-7-10-24)35-31(3,4)21-23-12-16-26(32)17-13-23/h8,11-13,16-19,25,28,35H,2,5-7,9-10,14-15,20-21H2,1,3-4H3,(H,34,37)/b27-11-. The van der Waals surface area contributed by atoms with Crippen LogP contribution in [0.2, 0.25) is 0 Å². The van der Waals surface area contributed by atoms with Crippen LogP contribution in [-0.4, -0.2) is 28.6 Å². The molecule has 2 aliphatic carbocycles. The van der Waals surface area contributed by atoms with Crippen molar-refractivity contribution in [3.05, 3.63) is 83.4 Å². The molecule has 3 aliphatic rings. The molecular weight excluding hydrogens is 463 g/mol. The maximum atomic E-state index is 13.5. The Hall–Kier alpha value is -3.15. The van der Waals surface area contributed by atoms with Crippen LogP contribution in [-0.2, 0) is 11.2 Å². The van der Waals surface area contributed by atoms with Crippen molar-refractivity contribution in [1.29, 1.82) is 0 Å². The number of halogens is 1. The highest BCUT2D eigenvalue weighted by molar-refractivity contribution is 5.81. The van der Waals surface area contributed by atoms with Crippen LogP contribution < -0.4 is 10.6 Å². The van der Waals surface area contributed by atoms with Crippen molar-refractivity contribution in [3.63, 3.8) is 0 Å². The summed E-state index contributed by atoms with van der Waals surface area (Å²) in [4.78, 5) is 19.5. The largest absolute Gasteiger partial charge is 0.381 e. The molecule has 2 saturated carbocycles. The molecule has 1 aromatic carbocycles. The molecule has 1 heterocycles. The van der Waals surface area contributed by atoms with Crippen LogP contribution in [0.15, 0.2) is 77.0 Å². The van der Waals surface area contributed by atoms with Gasteiger partial charge < -0.3 is 15.5 Å². The summed E-state index contributed by atoms with van der Waals surface area (Å²) in [5.41, 5.74) is 4.40. The third-order valence-electron chi connectivity index (χ3n) is 7.20. The molecule has 1 aliphatic heterocycles. The van der Waals surface area contributed by atoms with E-state index in [1.807, 2.05) is 29.3 Å². The van der Waals surface area contributed by atoms with Gasteiger partial charge in [0.1, 0.15) is 11.6 Å². The van der Waals surface area contributed by atoms with Gasteiger partial charge in [0.2, 0.25) is 5.91 Å². The van der Waals surface area contributed by atoms with Gasteiger partial charge in [0.15, 0.2) is 0 Å². The summed E-state index contributed by atoms with van der Waals surface area (Å²) >= 11 is 0. The fourth-order valence-corrected chi connectivity index (χ4v) is 4.89. The zero-order valence-corrected chi connectivity index (χ0v) is 22.5. The van der Waals surface area contributed by atoms with Gasteiger partial charge in [-0.2, -0.15) is 0 Å². The van der Waals surface area contributed by atoms with Crippen LogP contribution in [0.5, 0.6) is 0 Å². The van der Waals surface area contributed by atoms with Crippen LogP contribution in [0, 0.1) is 11.7 Å². The minimum absolute atomic E-state index is 0.125. The highest BCUT2D eigenvalue weighted by atomic mass is 19.1. The molecule has 0 aromatic heterocycles. The van der Waals surface area contributed by atoms with Gasteiger partial charge >= 0.3 is 0 Å². The number of amides is 1. The second-order valence-electron chi connectivity index (χ2n) is 11.1. The monoisotopic (exact) mass is 504 g/mol. The maximum Gasteiger partial charge on any atom is 0.223 e. The fourth-order valence-electron chi connectivity index (χ4n) is 4.89. The first kappa shape index (κ1) is 26.9. The Labute approximate surface area is 221 Å². The zero-order chi connectivity index (χ0) is 26.4. The molecule has 1 atom stereocenters. The minimum atomic E-state index is -0.287. The molecule has 0 saturated heterocycles. The molecule has 1 aromatic rings. The average molecular weight is 505 g/mol. The van der Waals surface area contributed by atoms with E-state index in [9.17, 15) is 9.18 Å². The summed E-state index contributed by atoms with van der Waals surface area (Å²) in [6, 6.07) is 6.55. The Bertz CT molecular complexity index is 1100. The fraction of sp³-hybridized carbons (Fsp3) is 0.484. The van der Waals surface area contributed by atoms with Crippen LogP contribution in [0.1, 0.15) is 77.7 Å². The first-order valence-electron chi connectivity index (χ1n) is 13.7. The van der Waals surface area contributed by atoms with Crippen LogP contribution in [0.25, 0.3) is 0 Å². The van der Waals surface area contributed by atoms with E-state index < -0.39 is 0 Å². The Morgan fingerprint density at radius 2 is 2.00 bits per heavy atom. The van der Waals surface area contributed by atoms with E-state index in [1.54, 1.807) is 6.21 Å². The van der Waals surface area contributed by atoms with E-state index in [0.29, 0.717) is 12.2 Å². The maximum absolute atomic E-state index is 13.5. The number of carbonyl (C=O) groups is 1. The van der Waals surface area contributed by atoms with Gasteiger partial charge in [-0.25, -0.2) is 9.38 Å². The third kappa shape index (κ3) is 7.43. The van der Waals surface area contributed by atoms with E-state index >= 15 is 0 Å². The van der Waals surface area contributed by atoms with Crippen LogP contribution >= 0.6 is 0 Å². The molecular formula is C31H41FN4O. The quantitative estimate of drug-likeness (QED) is 0.341. The van der Waals surface area contributed by atoms with Crippen molar-refractivity contribution < 1.29 is 9.18 Å².